The first-order valence-corrected chi connectivity index (χ1v) is 12.1. The fraction of sp³-hybridized carbons (Fsp3) is 0.385. The van der Waals surface area contributed by atoms with E-state index in [0.717, 1.165) is 81.9 Å². The van der Waals surface area contributed by atoms with Gasteiger partial charge in [-0.1, -0.05) is 23.7 Å². The standard InChI is InChI=1S/C26H26ClN3O3/c27-21-6-4-17(5-7-21)25-22-13-19-15-28-30(24-3-1-2-10-33-24)23(19)14-20(22)16-29(31)26(25)18-8-11-32-12-9-18/h4-7,13-16,18,24H,1-3,8-12H2. The van der Waals surface area contributed by atoms with Crippen LogP contribution in [0.2, 0.25) is 5.02 Å². The quantitative estimate of drug-likeness (QED) is 0.287. The first-order chi connectivity index (χ1) is 16.2. The number of nitrogens with zero attached hydrogens (tertiary/aromatic N) is 3. The van der Waals surface area contributed by atoms with Gasteiger partial charge in [0.15, 0.2) is 12.4 Å². The molecule has 7 heteroatoms. The molecule has 2 aliphatic heterocycles. The van der Waals surface area contributed by atoms with Gasteiger partial charge in [-0.25, -0.2) is 4.68 Å². The Kier molecular flexibility index (Phi) is 5.45. The van der Waals surface area contributed by atoms with E-state index in [2.05, 4.69) is 17.2 Å². The summed E-state index contributed by atoms with van der Waals surface area (Å²) in [4.78, 5) is 0. The van der Waals surface area contributed by atoms with E-state index in [0.29, 0.717) is 18.2 Å². The Morgan fingerprint density at radius 3 is 2.58 bits per heavy atom. The molecule has 6 rings (SSSR count). The van der Waals surface area contributed by atoms with Gasteiger partial charge < -0.3 is 14.7 Å². The van der Waals surface area contributed by atoms with Crippen molar-refractivity contribution in [3.05, 3.63) is 64.7 Å². The molecule has 1 unspecified atom stereocenters. The summed E-state index contributed by atoms with van der Waals surface area (Å²) < 4.78 is 14.6. The van der Waals surface area contributed by atoms with Crippen molar-refractivity contribution in [2.75, 3.05) is 19.8 Å². The Bertz CT molecular complexity index is 1310. The number of ether oxygens (including phenoxy) is 2. The smallest absolute Gasteiger partial charge is 0.204 e. The molecule has 0 saturated carbocycles. The highest BCUT2D eigenvalue weighted by molar-refractivity contribution is 6.30. The molecule has 0 spiro atoms. The summed E-state index contributed by atoms with van der Waals surface area (Å²) in [6.45, 7) is 2.11. The molecule has 2 fully saturated rings. The summed E-state index contributed by atoms with van der Waals surface area (Å²) in [5.74, 6) is 0.153. The van der Waals surface area contributed by atoms with Crippen molar-refractivity contribution < 1.29 is 14.2 Å². The number of hydrogen-bond donors (Lipinski definition) is 0. The molecule has 1 atom stereocenters. The second-order valence-corrected chi connectivity index (χ2v) is 9.45. The molecular weight excluding hydrogens is 438 g/mol. The number of rotatable bonds is 3. The molecule has 33 heavy (non-hydrogen) atoms. The van der Waals surface area contributed by atoms with Gasteiger partial charge in [0.25, 0.3) is 0 Å². The van der Waals surface area contributed by atoms with Crippen molar-refractivity contribution in [3.63, 3.8) is 0 Å². The maximum absolute atomic E-state index is 13.5. The molecule has 2 saturated heterocycles. The molecule has 2 aromatic carbocycles. The Morgan fingerprint density at radius 1 is 1.00 bits per heavy atom. The van der Waals surface area contributed by atoms with Crippen molar-refractivity contribution >= 4 is 33.3 Å². The van der Waals surface area contributed by atoms with Crippen LogP contribution in [0.25, 0.3) is 32.8 Å². The molecule has 0 radical (unpaired) electrons. The average molecular weight is 464 g/mol. The van der Waals surface area contributed by atoms with Crippen molar-refractivity contribution in [3.8, 4) is 11.1 Å². The zero-order valence-electron chi connectivity index (χ0n) is 18.4. The van der Waals surface area contributed by atoms with Gasteiger partial charge in [-0.2, -0.15) is 9.83 Å². The van der Waals surface area contributed by atoms with Gasteiger partial charge in [-0.3, -0.25) is 0 Å². The minimum Gasteiger partial charge on any atom is -0.618 e. The van der Waals surface area contributed by atoms with Crippen LogP contribution in [0.1, 0.15) is 49.9 Å². The molecule has 2 aliphatic rings. The van der Waals surface area contributed by atoms with Crippen LogP contribution in [0.3, 0.4) is 0 Å². The highest BCUT2D eigenvalue weighted by Crippen LogP contribution is 2.39. The van der Waals surface area contributed by atoms with Crippen LogP contribution in [0, 0.1) is 5.21 Å². The fourth-order valence-corrected chi connectivity index (χ4v) is 5.42. The lowest BCUT2D eigenvalue weighted by Gasteiger charge is -2.25. The van der Waals surface area contributed by atoms with E-state index in [1.807, 2.05) is 35.1 Å². The molecule has 4 aromatic rings. The lowest BCUT2D eigenvalue weighted by Crippen LogP contribution is -2.36. The molecule has 0 aliphatic carbocycles. The molecule has 0 bridgehead atoms. The summed E-state index contributed by atoms with van der Waals surface area (Å²) in [5.41, 5.74) is 3.79. The van der Waals surface area contributed by atoms with Gasteiger partial charge in [0, 0.05) is 41.0 Å². The number of fused-ring (bicyclic) bond motifs is 2. The summed E-state index contributed by atoms with van der Waals surface area (Å²) in [7, 11) is 0. The highest BCUT2D eigenvalue weighted by atomic mass is 35.5. The highest BCUT2D eigenvalue weighted by Gasteiger charge is 2.30. The molecule has 170 valence electrons. The van der Waals surface area contributed by atoms with Gasteiger partial charge >= 0.3 is 0 Å². The summed E-state index contributed by atoms with van der Waals surface area (Å²) in [5, 5.41) is 21.8. The Morgan fingerprint density at radius 2 is 1.82 bits per heavy atom. The predicted octanol–water partition coefficient (Wildman–Crippen LogP) is 5.74. The van der Waals surface area contributed by atoms with E-state index < -0.39 is 0 Å². The number of aromatic nitrogens is 3. The fourth-order valence-electron chi connectivity index (χ4n) is 5.30. The second kappa shape index (κ2) is 8.60. The minimum absolute atomic E-state index is 0.0506. The normalized spacial score (nSPS) is 20.0. The van der Waals surface area contributed by atoms with Gasteiger partial charge in [0.1, 0.15) is 0 Å². The average Bonchev–Trinajstić information content (AvgIpc) is 3.26. The Hall–Kier alpha value is -2.67. The van der Waals surface area contributed by atoms with Crippen LogP contribution < -0.4 is 4.73 Å². The SMILES string of the molecule is [O-][n+]1cc2cc3c(cnn3C3CCCCO3)cc2c(-c2ccc(Cl)cc2)c1C1CCOCC1. The first-order valence-electron chi connectivity index (χ1n) is 11.7. The van der Waals surface area contributed by atoms with Crippen molar-refractivity contribution in [1.82, 2.24) is 9.78 Å². The lowest BCUT2D eigenvalue weighted by molar-refractivity contribution is -0.613. The maximum atomic E-state index is 13.5. The zero-order valence-corrected chi connectivity index (χ0v) is 19.1. The van der Waals surface area contributed by atoms with Gasteiger partial charge in [0.2, 0.25) is 5.69 Å². The van der Waals surface area contributed by atoms with Crippen LogP contribution >= 0.6 is 11.6 Å². The topological polar surface area (TPSA) is 63.2 Å². The van der Waals surface area contributed by atoms with Crippen molar-refractivity contribution in [1.29, 1.82) is 0 Å². The van der Waals surface area contributed by atoms with Crippen LogP contribution in [-0.4, -0.2) is 29.6 Å². The summed E-state index contributed by atoms with van der Waals surface area (Å²) >= 11 is 6.19. The Labute approximate surface area is 197 Å². The molecule has 2 aromatic heterocycles. The zero-order chi connectivity index (χ0) is 22.4. The second-order valence-electron chi connectivity index (χ2n) is 9.02. The minimum atomic E-state index is -0.0506. The van der Waals surface area contributed by atoms with E-state index in [1.165, 1.54) is 0 Å². The van der Waals surface area contributed by atoms with Crippen LogP contribution in [0.4, 0.5) is 0 Å². The lowest BCUT2D eigenvalue weighted by atomic mass is 9.87. The van der Waals surface area contributed by atoms with Gasteiger partial charge in [0.05, 0.1) is 23.2 Å². The third kappa shape index (κ3) is 3.76. The number of hydrogen-bond acceptors (Lipinski definition) is 4. The summed E-state index contributed by atoms with van der Waals surface area (Å²) in [6.07, 6.45) is 8.44. The molecule has 4 heterocycles. The molecule has 0 amide bonds. The van der Waals surface area contributed by atoms with Gasteiger partial charge in [-0.15, -0.1) is 0 Å². The van der Waals surface area contributed by atoms with Crippen LogP contribution in [0.5, 0.6) is 0 Å². The molecule has 0 N–H and O–H groups in total. The molecular formula is C26H26ClN3O3. The maximum Gasteiger partial charge on any atom is 0.204 e. The van der Waals surface area contributed by atoms with Crippen LogP contribution in [-0.2, 0) is 9.47 Å². The molecule has 6 nitrogen and oxygen atoms in total. The Balaban J connectivity index is 1.59. The monoisotopic (exact) mass is 463 g/mol. The van der Waals surface area contributed by atoms with E-state index in [-0.39, 0.29) is 12.1 Å². The third-order valence-electron chi connectivity index (χ3n) is 6.96. The third-order valence-corrected chi connectivity index (χ3v) is 7.21. The van der Waals surface area contributed by atoms with Crippen molar-refractivity contribution in [2.45, 2.75) is 44.2 Å². The first kappa shape index (κ1) is 20.9. The van der Waals surface area contributed by atoms with Crippen LogP contribution in [0.15, 0.2) is 48.8 Å². The van der Waals surface area contributed by atoms with Gasteiger partial charge in [-0.05, 0) is 61.9 Å². The van der Waals surface area contributed by atoms with E-state index in [4.69, 9.17) is 21.1 Å². The number of pyridine rings is 1. The summed E-state index contributed by atoms with van der Waals surface area (Å²) in [6, 6.07) is 12.0. The van der Waals surface area contributed by atoms with E-state index >= 15 is 0 Å². The van der Waals surface area contributed by atoms with Crippen molar-refractivity contribution in [2.24, 2.45) is 0 Å². The van der Waals surface area contributed by atoms with E-state index in [9.17, 15) is 5.21 Å². The number of halogens is 1. The predicted molar refractivity (Wildman–Crippen MR) is 128 cm³/mol. The largest absolute Gasteiger partial charge is 0.618 e. The van der Waals surface area contributed by atoms with E-state index in [1.54, 1.807) is 6.20 Å². The number of benzene rings is 2.